The Morgan fingerprint density at radius 1 is 1.15 bits per heavy atom. The zero-order valence-corrected chi connectivity index (χ0v) is 18.1. The Morgan fingerprint density at radius 2 is 1.82 bits per heavy atom. The molecule has 0 aliphatic rings. The molecule has 180 valence electrons. The minimum atomic E-state index is -4.79. The second-order valence-electron chi connectivity index (χ2n) is 7.04. The Morgan fingerprint density at radius 3 is 2.47 bits per heavy atom. The zero-order valence-electron chi connectivity index (χ0n) is 18.1. The molecular formula is C21H20F4N6O3. The van der Waals surface area contributed by atoms with Crippen LogP contribution in [0.4, 0.5) is 28.2 Å². The van der Waals surface area contributed by atoms with Crippen molar-refractivity contribution in [1.82, 2.24) is 19.9 Å². The molecule has 0 fully saturated rings. The van der Waals surface area contributed by atoms with Gasteiger partial charge in [0.15, 0.2) is 11.6 Å². The van der Waals surface area contributed by atoms with E-state index in [1.165, 1.54) is 29.3 Å². The maximum absolute atomic E-state index is 13.6. The van der Waals surface area contributed by atoms with Gasteiger partial charge in [0, 0.05) is 20.3 Å². The highest BCUT2D eigenvalue weighted by Crippen LogP contribution is 2.26. The number of aromatic nitrogens is 3. The standard InChI is InChI=1S/C21H20F4N6O3/c1-30(2)18-16(22)11-28-19(29-18)33-10-9-27-20(32)31-12-14(5-8-17(31)26)13-3-6-15(7-4-13)34-21(23,24)25/h3-8,11-12,26H,9-10H2,1-2H3,(H,27,32). The van der Waals surface area contributed by atoms with Crippen molar-refractivity contribution in [2.24, 2.45) is 0 Å². The van der Waals surface area contributed by atoms with Crippen LogP contribution in [0.25, 0.3) is 11.1 Å². The SMILES string of the molecule is CN(C)c1nc(OCCNC(=O)n2cc(-c3ccc(OC(F)(F)F)cc3)ccc2=N)ncc1F. The average Bonchev–Trinajstić information content (AvgIpc) is 2.77. The lowest BCUT2D eigenvalue weighted by Gasteiger charge is -2.13. The predicted octanol–water partition coefficient (Wildman–Crippen LogP) is 3.16. The van der Waals surface area contributed by atoms with Crippen molar-refractivity contribution < 1.29 is 31.8 Å². The highest BCUT2D eigenvalue weighted by Gasteiger charge is 2.31. The molecule has 0 radical (unpaired) electrons. The lowest BCUT2D eigenvalue weighted by molar-refractivity contribution is -0.274. The third-order valence-corrected chi connectivity index (χ3v) is 4.33. The summed E-state index contributed by atoms with van der Waals surface area (Å²) in [7, 11) is 3.23. The maximum atomic E-state index is 13.6. The minimum Gasteiger partial charge on any atom is -0.462 e. The van der Waals surface area contributed by atoms with E-state index in [-0.39, 0.29) is 36.2 Å². The Kier molecular flexibility index (Phi) is 7.34. The van der Waals surface area contributed by atoms with E-state index in [1.54, 1.807) is 20.2 Å². The van der Waals surface area contributed by atoms with Crippen LogP contribution in [0, 0.1) is 11.2 Å². The number of alkyl halides is 3. The van der Waals surface area contributed by atoms with Gasteiger partial charge in [-0.3, -0.25) is 9.98 Å². The maximum Gasteiger partial charge on any atom is 0.573 e. The molecule has 0 bridgehead atoms. The van der Waals surface area contributed by atoms with Crippen LogP contribution in [-0.4, -0.2) is 54.2 Å². The number of benzene rings is 1. The number of hydrogen-bond acceptors (Lipinski definition) is 7. The monoisotopic (exact) mass is 480 g/mol. The number of amides is 1. The molecular weight excluding hydrogens is 460 g/mol. The Bertz CT molecular complexity index is 1210. The number of halogens is 4. The number of carbonyl (C=O) groups is 1. The number of anilines is 1. The summed E-state index contributed by atoms with van der Waals surface area (Å²) in [4.78, 5) is 21.6. The highest BCUT2D eigenvalue weighted by molar-refractivity contribution is 5.78. The number of hydrogen-bond donors (Lipinski definition) is 2. The van der Waals surface area contributed by atoms with Gasteiger partial charge in [0.25, 0.3) is 0 Å². The number of ether oxygens (including phenoxy) is 2. The topological polar surface area (TPSA) is 105 Å². The molecule has 0 saturated carbocycles. The van der Waals surface area contributed by atoms with Crippen molar-refractivity contribution >= 4 is 11.8 Å². The fourth-order valence-corrected chi connectivity index (χ4v) is 2.80. The van der Waals surface area contributed by atoms with Crippen LogP contribution in [0.3, 0.4) is 0 Å². The Hall–Kier alpha value is -4.16. The summed E-state index contributed by atoms with van der Waals surface area (Å²) in [6, 6.07) is 7.36. The summed E-state index contributed by atoms with van der Waals surface area (Å²) in [5.41, 5.74) is 0.901. The summed E-state index contributed by atoms with van der Waals surface area (Å²) < 4.78 is 60.8. The molecule has 1 aromatic carbocycles. The molecule has 2 heterocycles. The van der Waals surface area contributed by atoms with Crippen molar-refractivity contribution in [2.75, 3.05) is 32.1 Å². The average molecular weight is 480 g/mol. The summed E-state index contributed by atoms with van der Waals surface area (Å²) >= 11 is 0. The first-order valence-corrected chi connectivity index (χ1v) is 9.78. The lowest BCUT2D eigenvalue weighted by atomic mass is 10.1. The largest absolute Gasteiger partial charge is 0.573 e. The van der Waals surface area contributed by atoms with Gasteiger partial charge in [-0.1, -0.05) is 12.1 Å². The van der Waals surface area contributed by atoms with Crippen LogP contribution in [0.2, 0.25) is 0 Å². The number of rotatable bonds is 7. The van der Waals surface area contributed by atoms with Crippen LogP contribution in [0.5, 0.6) is 11.8 Å². The first kappa shape index (κ1) is 24.5. The molecule has 34 heavy (non-hydrogen) atoms. The summed E-state index contributed by atoms with van der Waals surface area (Å²) in [5.74, 6) is -0.924. The van der Waals surface area contributed by atoms with Gasteiger partial charge in [-0.05, 0) is 35.4 Å². The first-order chi connectivity index (χ1) is 16.0. The molecule has 1 amide bonds. The van der Waals surface area contributed by atoms with Crippen LogP contribution >= 0.6 is 0 Å². The van der Waals surface area contributed by atoms with E-state index >= 15 is 0 Å². The molecule has 9 nitrogen and oxygen atoms in total. The van der Waals surface area contributed by atoms with Gasteiger partial charge >= 0.3 is 18.4 Å². The van der Waals surface area contributed by atoms with E-state index in [9.17, 15) is 22.4 Å². The highest BCUT2D eigenvalue weighted by atomic mass is 19.4. The molecule has 13 heteroatoms. The van der Waals surface area contributed by atoms with Crippen molar-refractivity contribution in [3.05, 3.63) is 60.1 Å². The third-order valence-electron chi connectivity index (χ3n) is 4.33. The van der Waals surface area contributed by atoms with E-state index in [0.29, 0.717) is 11.1 Å². The fourth-order valence-electron chi connectivity index (χ4n) is 2.80. The molecule has 0 atom stereocenters. The Labute approximate surface area is 191 Å². The fraction of sp³-hybridized carbons (Fsp3) is 0.238. The van der Waals surface area contributed by atoms with Gasteiger partial charge in [-0.2, -0.15) is 4.98 Å². The number of nitrogens with one attached hydrogen (secondary N) is 2. The first-order valence-electron chi connectivity index (χ1n) is 9.78. The van der Waals surface area contributed by atoms with Gasteiger partial charge in [-0.15, -0.1) is 13.2 Å². The Balaban J connectivity index is 1.62. The van der Waals surface area contributed by atoms with Crippen LogP contribution < -0.4 is 25.2 Å². The molecule has 0 spiro atoms. The van der Waals surface area contributed by atoms with E-state index in [1.807, 2.05) is 0 Å². The van der Waals surface area contributed by atoms with E-state index in [0.717, 1.165) is 22.9 Å². The lowest BCUT2D eigenvalue weighted by Crippen LogP contribution is -2.37. The molecule has 2 N–H and O–H groups in total. The van der Waals surface area contributed by atoms with Crippen LogP contribution in [0.1, 0.15) is 0 Å². The second-order valence-corrected chi connectivity index (χ2v) is 7.04. The quantitative estimate of drug-likeness (QED) is 0.398. The van der Waals surface area contributed by atoms with E-state index in [4.69, 9.17) is 10.1 Å². The molecule has 2 aromatic heterocycles. The number of pyridine rings is 1. The summed E-state index contributed by atoms with van der Waals surface area (Å²) in [6.07, 6.45) is -2.44. The molecule has 0 saturated heterocycles. The smallest absolute Gasteiger partial charge is 0.462 e. The van der Waals surface area contributed by atoms with Crippen LogP contribution in [0.15, 0.2) is 48.8 Å². The molecule has 0 aliphatic carbocycles. The van der Waals surface area contributed by atoms with Crippen molar-refractivity contribution in [2.45, 2.75) is 6.36 Å². The molecule has 3 aromatic rings. The minimum absolute atomic E-state index is 0.0154. The van der Waals surface area contributed by atoms with Crippen LogP contribution in [-0.2, 0) is 0 Å². The van der Waals surface area contributed by atoms with Gasteiger partial charge in [-0.25, -0.2) is 14.2 Å². The summed E-state index contributed by atoms with van der Waals surface area (Å²) in [5, 5.41) is 10.5. The van der Waals surface area contributed by atoms with E-state index < -0.39 is 18.2 Å². The van der Waals surface area contributed by atoms with Crippen molar-refractivity contribution in [3.63, 3.8) is 0 Å². The van der Waals surface area contributed by atoms with Crippen molar-refractivity contribution in [3.8, 4) is 22.9 Å². The molecule has 0 aliphatic heterocycles. The van der Waals surface area contributed by atoms with Crippen molar-refractivity contribution in [1.29, 1.82) is 5.41 Å². The van der Waals surface area contributed by atoms with Gasteiger partial charge < -0.3 is 19.7 Å². The van der Waals surface area contributed by atoms with Gasteiger partial charge in [0.2, 0.25) is 0 Å². The summed E-state index contributed by atoms with van der Waals surface area (Å²) in [6.45, 7) is 0.0233. The normalized spacial score (nSPS) is 11.1. The number of nitrogens with zero attached hydrogens (tertiary/aromatic N) is 4. The third kappa shape index (κ3) is 6.43. The number of carbonyl (C=O) groups excluding carboxylic acids is 1. The van der Waals surface area contributed by atoms with E-state index in [2.05, 4.69) is 20.0 Å². The van der Waals surface area contributed by atoms with Gasteiger partial charge in [0.05, 0.1) is 12.7 Å². The zero-order chi connectivity index (χ0) is 24.9. The molecule has 3 rings (SSSR count). The van der Waals surface area contributed by atoms with Gasteiger partial charge in [0.1, 0.15) is 17.8 Å². The second kappa shape index (κ2) is 10.2. The predicted molar refractivity (Wildman–Crippen MR) is 113 cm³/mol. The molecule has 0 unspecified atom stereocenters.